The lowest BCUT2D eigenvalue weighted by Gasteiger charge is -2.44. The Morgan fingerprint density at radius 1 is 1.23 bits per heavy atom. The molecule has 0 bridgehead atoms. The lowest BCUT2D eigenvalue weighted by atomic mass is 9.83. The van der Waals surface area contributed by atoms with Gasteiger partial charge >= 0.3 is 0 Å². The molecule has 1 aromatic heterocycles. The van der Waals surface area contributed by atoms with Crippen LogP contribution in [0.4, 0.5) is 0 Å². The summed E-state index contributed by atoms with van der Waals surface area (Å²) >= 11 is 0. The fourth-order valence-corrected chi connectivity index (χ4v) is 3.30. The highest BCUT2D eigenvalue weighted by Gasteiger charge is 2.36. The number of hydrogen-bond donors (Lipinski definition) is 0. The van der Waals surface area contributed by atoms with Gasteiger partial charge < -0.3 is 4.90 Å². The van der Waals surface area contributed by atoms with E-state index >= 15 is 0 Å². The van der Waals surface area contributed by atoms with Gasteiger partial charge in [0.25, 0.3) is 0 Å². The lowest BCUT2D eigenvalue weighted by molar-refractivity contribution is -0.136. The first-order valence-corrected chi connectivity index (χ1v) is 7.79. The first-order valence-electron chi connectivity index (χ1n) is 7.79. The monoisotopic (exact) mass is 294 g/mol. The summed E-state index contributed by atoms with van der Waals surface area (Å²) in [6.07, 6.45) is 3.15. The zero-order chi connectivity index (χ0) is 15.7. The summed E-state index contributed by atoms with van der Waals surface area (Å²) in [6, 6.07) is 12.4. The first kappa shape index (κ1) is 14.8. The van der Waals surface area contributed by atoms with Crippen LogP contribution in [0.25, 0.3) is 0 Å². The molecule has 0 fully saturated rings. The molecule has 2 heterocycles. The second-order valence-corrected chi connectivity index (χ2v) is 6.50. The van der Waals surface area contributed by atoms with Crippen molar-refractivity contribution in [3.63, 3.8) is 0 Å². The topological polar surface area (TPSA) is 33.2 Å². The summed E-state index contributed by atoms with van der Waals surface area (Å²) in [5, 5.41) is 0. The molecule has 0 N–H and O–H groups in total. The number of hydrogen-bond acceptors (Lipinski definition) is 2. The van der Waals surface area contributed by atoms with Gasteiger partial charge in [0.2, 0.25) is 5.91 Å². The molecule has 1 amide bonds. The van der Waals surface area contributed by atoms with Crippen molar-refractivity contribution < 1.29 is 4.79 Å². The Morgan fingerprint density at radius 3 is 2.73 bits per heavy atom. The number of fused-ring (bicyclic) bond motifs is 1. The van der Waals surface area contributed by atoms with Gasteiger partial charge in [-0.15, -0.1) is 0 Å². The first-order chi connectivity index (χ1) is 10.5. The van der Waals surface area contributed by atoms with Gasteiger partial charge in [-0.2, -0.15) is 0 Å². The maximum Gasteiger partial charge on any atom is 0.227 e. The maximum absolute atomic E-state index is 12.8. The Morgan fingerprint density at radius 2 is 2.00 bits per heavy atom. The molecule has 2 aromatic rings. The van der Waals surface area contributed by atoms with E-state index in [0.717, 1.165) is 24.2 Å². The Balaban J connectivity index is 1.83. The van der Waals surface area contributed by atoms with Crippen LogP contribution in [0.5, 0.6) is 0 Å². The maximum atomic E-state index is 12.8. The third-order valence-corrected chi connectivity index (χ3v) is 4.59. The van der Waals surface area contributed by atoms with Gasteiger partial charge in [0.15, 0.2) is 0 Å². The van der Waals surface area contributed by atoms with Gasteiger partial charge in [0, 0.05) is 18.4 Å². The average molecular weight is 294 g/mol. The normalized spacial score (nSPS) is 16.2. The number of carbonyl (C=O) groups is 1. The number of nitrogens with zero attached hydrogens (tertiary/aromatic N) is 2. The Labute approximate surface area is 132 Å². The number of carbonyl (C=O) groups excluding carboxylic acids is 1. The molecule has 3 rings (SSSR count). The summed E-state index contributed by atoms with van der Waals surface area (Å²) in [7, 11) is 0. The fraction of sp³-hybridized carbons (Fsp3) is 0.368. The minimum absolute atomic E-state index is 0.171. The molecule has 1 aliphatic rings. The van der Waals surface area contributed by atoms with Crippen LogP contribution in [-0.2, 0) is 23.2 Å². The van der Waals surface area contributed by atoms with Crippen molar-refractivity contribution in [2.24, 2.45) is 0 Å². The summed E-state index contributed by atoms with van der Waals surface area (Å²) in [5.41, 5.74) is 4.31. The highest BCUT2D eigenvalue weighted by Crippen LogP contribution is 2.35. The SMILES string of the molecule is Cc1ccc(CC(=O)N2CCc3ccccc3C2(C)C)cn1. The van der Waals surface area contributed by atoms with Crippen molar-refractivity contribution in [1.29, 1.82) is 0 Å². The standard InChI is InChI=1S/C19H22N2O/c1-14-8-9-15(13-20-14)12-18(22)21-11-10-16-6-4-5-7-17(16)19(21,2)3/h4-9,13H,10-12H2,1-3H3. The van der Waals surface area contributed by atoms with Crippen LogP contribution in [0, 0.1) is 6.92 Å². The number of aryl methyl sites for hydroxylation is 1. The summed E-state index contributed by atoms with van der Waals surface area (Å²) < 4.78 is 0. The Hall–Kier alpha value is -2.16. The van der Waals surface area contributed by atoms with E-state index < -0.39 is 0 Å². The number of rotatable bonds is 2. The molecule has 1 aromatic carbocycles. The quantitative estimate of drug-likeness (QED) is 0.852. The molecule has 0 saturated carbocycles. The number of amides is 1. The zero-order valence-electron chi connectivity index (χ0n) is 13.5. The molecule has 0 aliphatic carbocycles. The minimum Gasteiger partial charge on any atom is -0.333 e. The fourth-order valence-electron chi connectivity index (χ4n) is 3.30. The Bertz CT molecular complexity index is 689. The molecule has 3 nitrogen and oxygen atoms in total. The van der Waals surface area contributed by atoms with E-state index in [9.17, 15) is 4.79 Å². The minimum atomic E-state index is -0.260. The van der Waals surface area contributed by atoms with Crippen LogP contribution >= 0.6 is 0 Å². The second-order valence-electron chi connectivity index (χ2n) is 6.50. The van der Waals surface area contributed by atoms with Crippen molar-refractivity contribution in [3.8, 4) is 0 Å². The van der Waals surface area contributed by atoms with E-state index in [0.29, 0.717) is 6.42 Å². The van der Waals surface area contributed by atoms with Gasteiger partial charge in [-0.3, -0.25) is 9.78 Å². The van der Waals surface area contributed by atoms with Gasteiger partial charge in [0.05, 0.1) is 12.0 Å². The number of aromatic nitrogens is 1. The third kappa shape index (κ3) is 2.63. The van der Waals surface area contributed by atoms with Crippen molar-refractivity contribution in [1.82, 2.24) is 9.88 Å². The zero-order valence-corrected chi connectivity index (χ0v) is 13.5. The molecule has 0 saturated heterocycles. The average Bonchev–Trinajstić information content (AvgIpc) is 2.49. The van der Waals surface area contributed by atoms with Crippen molar-refractivity contribution in [2.75, 3.05) is 6.54 Å². The highest BCUT2D eigenvalue weighted by molar-refractivity contribution is 5.80. The van der Waals surface area contributed by atoms with Crippen LogP contribution in [0.15, 0.2) is 42.6 Å². The molecule has 114 valence electrons. The van der Waals surface area contributed by atoms with Crippen molar-refractivity contribution >= 4 is 5.91 Å². The predicted molar refractivity (Wildman–Crippen MR) is 87.6 cm³/mol. The number of pyridine rings is 1. The van der Waals surface area contributed by atoms with Crippen LogP contribution in [-0.4, -0.2) is 22.3 Å². The summed E-state index contributed by atoms with van der Waals surface area (Å²) in [4.78, 5) is 19.1. The van der Waals surface area contributed by atoms with Crippen LogP contribution in [0.1, 0.15) is 36.2 Å². The van der Waals surface area contributed by atoms with E-state index in [1.807, 2.05) is 24.0 Å². The van der Waals surface area contributed by atoms with Crippen LogP contribution in [0.2, 0.25) is 0 Å². The lowest BCUT2D eigenvalue weighted by Crippen LogP contribution is -2.50. The van der Waals surface area contributed by atoms with E-state index in [1.54, 1.807) is 6.20 Å². The molecule has 1 aliphatic heterocycles. The van der Waals surface area contributed by atoms with Crippen LogP contribution < -0.4 is 0 Å². The van der Waals surface area contributed by atoms with Gasteiger partial charge in [0.1, 0.15) is 0 Å². The van der Waals surface area contributed by atoms with E-state index in [4.69, 9.17) is 0 Å². The third-order valence-electron chi connectivity index (χ3n) is 4.59. The van der Waals surface area contributed by atoms with E-state index in [2.05, 4.69) is 43.1 Å². The smallest absolute Gasteiger partial charge is 0.227 e. The largest absolute Gasteiger partial charge is 0.333 e. The highest BCUT2D eigenvalue weighted by atomic mass is 16.2. The summed E-state index contributed by atoms with van der Waals surface area (Å²) in [6.45, 7) is 7.00. The van der Waals surface area contributed by atoms with Crippen molar-refractivity contribution in [2.45, 2.75) is 39.2 Å². The molecule has 0 radical (unpaired) electrons. The molecule has 22 heavy (non-hydrogen) atoms. The van der Waals surface area contributed by atoms with Crippen LogP contribution in [0.3, 0.4) is 0 Å². The number of benzene rings is 1. The molecule has 3 heteroatoms. The van der Waals surface area contributed by atoms with E-state index in [1.165, 1.54) is 11.1 Å². The molecular formula is C19H22N2O. The molecule has 0 atom stereocenters. The van der Waals surface area contributed by atoms with Gasteiger partial charge in [-0.25, -0.2) is 0 Å². The predicted octanol–water partition coefficient (Wildman–Crippen LogP) is 3.25. The van der Waals surface area contributed by atoms with E-state index in [-0.39, 0.29) is 11.4 Å². The molecular weight excluding hydrogens is 272 g/mol. The molecule has 0 unspecified atom stereocenters. The van der Waals surface area contributed by atoms with Gasteiger partial charge in [-0.05, 0) is 49.9 Å². The summed E-state index contributed by atoms with van der Waals surface area (Å²) in [5.74, 6) is 0.171. The second kappa shape index (κ2) is 5.56. The Kier molecular flexibility index (Phi) is 3.73. The molecule has 0 spiro atoms. The van der Waals surface area contributed by atoms with Gasteiger partial charge in [-0.1, -0.05) is 30.3 Å². The van der Waals surface area contributed by atoms with Crippen molar-refractivity contribution in [3.05, 3.63) is 65.0 Å².